The molecule has 0 bridgehead atoms. The number of rotatable bonds is 3. The van der Waals surface area contributed by atoms with Gasteiger partial charge in [-0.05, 0) is 24.1 Å². The van der Waals surface area contributed by atoms with Crippen LogP contribution in [-0.2, 0) is 16.0 Å². The largest absolute Gasteiger partial charge is 0.474 e. The van der Waals surface area contributed by atoms with Crippen molar-refractivity contribution in [2.75, 3.05) is 6.54 Å². The van der Waals surface area contributed by atoms with Gasteiger partial charge in [-0.15, -0.1) is 0 Å². The fourth-order valence-corrected chi connectivity index (χ4v) is 1.61. The summed E-state index contributed by atoms with van der Waals surface area (Å²) in [5.41, 5.74) is 0.803. The molecule has 1 rings (SSSR count). The molecule has 0 unspecified atom stereocenters. The number of hydrogen-bond donors (Lipinski definition) is 2. The van der Waals surface area contributed by atoms with E-state index < -0.39 is 11.9 Å². The van der Waals surface area contributed by atoms with Gasteiger partial charge in [0.05, 0.1) is 0 Å². The number of amides is 1. The van der Waals surface area contributed by atoms with E-state index in [9.17, 15) is 9.59 Å². The maximum Gasteiger partial charge on any atom is 0.394 e. The summed E-state index contributed by atoms with van der Waals surface area (Å²) in [4.78, 5) is 20.9. The highest BCUT2D eigenvalue weighted by atomic mass is 35.5. The Labute approximate surface area is 102 Å². The molecule has 1 amide bonds. The molecule has 1 aromatic rings. The number of carboxylic acid groups (broad SMARTS) is 1. The Morgan fingerprint density at radius 3 is 2.56 bits per heavy atom. The second-order valence-electron chi connectivity index (χ2n) is 3.05. The lowest BCUT2D eigenvalue weighted by Crippen LogP contribution is -2.32. The van der Waals surface area contributed by atoms with Gasteiger partial charge in [-0.3, -0.25) is 4.79 Å². The molecule has 0 aliphatic carbocycles. The third-order valence-corrected chi connectivity index (χ3v) is 2.48. The molecule has 86 valence electrons. The van der Waals surface area contributed by atoms with Gasteiger partial charge in [-0.2, -0.15) is 0 Å². The lowest BCUT2D eigenvalue weighted by atomic mass is 10.1. The van der Waals surface area contributed by atoms with Crippen LogP contribution in [0.15, 0.2) is 18.2 Å². The van der Waals surface area contributed by atoms with Gasteiger partial charge in [0, 0.05) is 16.6 Å². The maximum absolute atomic E-state index is 10.7. The second-order valence-corrected chi connectivity index (χ2v) is 3.89. The van der Waals surface area contributed by atoms with Crippen molar-refractivity contribution in [1.29, 1.82) is 0 Å². The van der Waals surface area contributed by atoms with Crippen LogP contribution in [0.4, 0.5) is 0 Å². The molecular weight excluding hydrogens is 253 g/mol. The van der Waals surface area contributed by atoms with E-state index in [0.29, 0.717) is 16.5 Å². The van der Waals surface area contributed by atoms with E-state index in [1.54, 1.807) is 18.2 Å². The topological polar surface area (TPSA) is 66.4 Å². The maximum atomic E-state index is 10.7. The number of halogens is 2. The van der Waals surface area contributed by atoms with Crippen LogP contribution in [0.25, 0.3) is 0 Å². The number of carboxylic acids is 1. The summed E-state index contributed by atoms with van der Waals surface area (Å²) in [7, 11) is 0. The van der Waals surface area contributed by atoms with Crippen molar-refractivity contribution < 1.29 is 14.7 Å². The highest BCUT2D eigenvalue weighted by Crippen LogP contribution is 2.20. The second kappa shape index (κ2) is 5.72. The fraction of sp³-hybridized carbons (Fsp3) is 0.200. The molecule has 0 heterocycles. The third kappa shape index (κ3) is 3.72. The zero-order valence-electron chi connectivity index (χ0n) is 8.17. The lowest BCUT2D eigenvalue weighted by Gasteiger charge is -2.05. The zero-order valence-corrected chi connectivity index (χ0v) is 9.68. The van der Waals surface area contributed by atoms with Crippen LogP contribution in [0.3, 0.4) is 0 Å². The molecule has 0 aromatic heterocycles. The predicted molar refractivity (Wildman–Crippen MR) is 60.8 cm³/mol. The van der Waals surface area contributed by atoms with Crippen LogP contribution in [0, 0.1) is 0 Å². The average molecular weight is 262 g/mol. The Balaban J connectivity index is 2.49. The molecule has 0 saturated heterocycles. The summed E-state index contributed by atoms with van der Waals surface area (Å²) in [6.07, 6.45) is 0.453. The van der Waals surface area contributed by atoms with Gasteiger partial charge >= 0.3 is 11.9 Å². The van der Waals surface area contributed by atoms with Gasteiger partial charge in [0.25, 0.3) is 0 Å². The van der Waals surface area contributed by atoms with Crippen molar-refractivity contribution in [3.05, 3.63) is 33.8 Å². The van der Waals surface area contributed by atoms with Gasteiger partial charge in [0.1, 0.15) is 0 Å². The van der Waals surface area contributed by atoms with Gasteiger partial charge < -0.3 is 10.4 Å². The number of aliphatic carboxylic acids is 1. The number of hydrogen-bond acceptors (Lipinski definition) is 2. The molecule has 0 radical (unpaired) electrons. The first-order valence-electron chi connectivity index (χ1n) is 4.45. The minimum absolute atomic E-state index is 0.215. The number of carbonyl (C=O) groups excluding carboxylic acids is 1. The Morgan fingerprint density at radius 1 is 1.31 bits per heavy atom. The Morgan fingerprint density at radius 2 is 2.00 bits per heavy atom. The zero-order chi connectivity index (χ0) is 12.1. The Bertz CT molecular complexity index is 421. The van der Waals surface area contributed by atoms with E-state index in [4.69, 9.17) is 28.3 Å². The Kier molecular flexibility index (Phi) is 4.58. The van der Waals surface area contributed by atoms with Crippen molar-refractivity contribution in [1.82, 2.24) is 5.32 Å². The molecule has 0 atom stereocenters. The van der Waals surface area contributed by atoms with Gasteiger partial charge in [0.2, 0.25) is 0 Å². The quantitative estimate of drug-likeness (QED) is 0.815. The molecular formula is C10H9Cl2NO3. The van der Waals surface area contributed by atoms with Crippen molar-refractivity contribution in [2.45, 2.75) is 6.42 Å². The van der Waals surface area contributed by atoms with E-state index in [1.807, 2.05) is 0 Å². The van der Waals surface area contributed by atoms with Gasteiger partial charge in [-0.25, -0.2) is 4.79 Å². The first-order chi connectivity index (χ1) is 7.50. The lowest BCUT2D eigenvalue weighted by molar-refractivity contribution is -0.150. The molecule has 0 aliphatic rings. The average Bonchev–Trinajstić information content (AvgIpc) is 2.20. The summed E-state index contributed by atoms with van der Waals surface area (Å²) >= 11 is 11.6. The van der Waals surface area contributed by atoms with Crippen LogP contribution < -0.4 is 5.32 Å². The standard InChI is InChI=1S/C10H9Cl2NO3/c11-7-2-1-6(8(12)5-7)3-4-13-9(14)10(15)16/h1-2,5H,3-4H2,(H,13,14)(H,15,16). The van der Waals surface area contributed by atoms with Crippen molar-refractivity contribution in [2.24, 2.45) is 0 Å². The molecule has 0 spiro atoms. The van der Waals surface area contributed by atoms with Crippen LogP contribution in [0.5, 0.6) is 0 Å². The highest BCUT2D eigenvalue weighted by molar-refractivity contribution is 6.35. The molecule has 6 heteroatoms. The van der Waals surface area contributed by atoms with Crippen molar-refractivity contribution in [3.63, 3.8) is 0 Å². The molecule has 1 aromatic carbocycles. The normalized spacial score (nSPS) is 9.88. The minimum Gasteiger partial charge on any atom is -0.474 e. The van der Waals surface area contributed by atoms with E-state index in [1.165, 1.54) is 0 Å². The summed E-state index contributed by atoms with van der Waals surface area (Å²) in [6.45, 7) is 0.215. The third-order valence-electron chi connectivity index (χ3n) is 1.89. The van der Waals surface area contributed by atoms with E-state index in [-0.39, 0.29) is 6.54 Å². The van der Waals surface area contributed by atoms with E-state index in [0.717, 1.165) is 5.56 Å². The van der Waals surface area contributed by atoms with Gasteiger partial charge in [-0.1, -0.05) is 29.3 Å². The highest BCUT2D eigenvalue weighted by Gasteiger charge is 2.09. The number of benzene rings is 1. The molecule has 0 fully saturated rings. The summed E-state index contributed by atoms with van der Waals surface area (Å²) in [6, 6.07) is 5.01. The molecule has 0 aliphatic heterocycles. The van der Waals surface area contributed by atoms with E-state index in [2.05, 4.69) is 5.32 Å². The number of nitrogens with one attached hydrogen (secondary N) is 1. The van der Waals surface area contributed by atoms with Gasteiger partial charge in [0.15, 0.2) is 0 Å². The minimum atomic E-state index is -1.50. The Hall–Kier alpha value is -1.26. The number of carbonyl (C=O) groups is 2. The smallest absolute Gasteiger partial charge is 0.394 e. The van der Waals surface area contributed by atoms with Crippen LogP contribution in [-0.4, -0.2) is 23.5 Å². The molecule has 16 heavy (non-hydrogen) atoms. The van der Waals surface area contributed by atoms with Crippen LogP contribution in [0.2, 0.25) is 10.0 Å². The molecule has 0 saturated carbocycles. The first kappa shape index (κ1) is 12.8. The van der Waals surface area contributed by atoms with Crippen LogP contribution in [0.1, 0.15) is 5.56 Å². The summed E-state index contributed by atoms with van der Waals surface area (Å²) in [5.74, 6) is -2.52. The molecule has 4 nitrogen and oxygen atoms in total. The SMILES string of the molecule is O=C(O)C(=O)NCCc1ccc(Cl)cc1Cl. The fourth-order valence-electron chi connectivity index (χ4n) is 1.11. The van der Waals surface area contributed by atoms with Crippen molar-refractivity contribution >= 4 is 35.1 Å². The first-order valence-corrected chi connectivity index (χ1v) is 5.21. The predicted octanol–water partition coefficient (Wildman–Crippen LogP) is 1.74. The molecule has 2 N–H and O–H groups in total. The van der Waals surface area contributed by atoms with E-state index >= 15 is 0 Å². The monoisotopic (exact) mass is 261 g/mol. The summed E-state index contributed by atoms with van der Waals surface area (Å²) < 4.78 is 0. The summed E-state index contributed by atoms with van der Waals surface area (Å²) in [5, 5.41) is 11.6. The van der Waals surface area contributed by atoms with Crippen molar-refractivity contribution in [3.8, 4) is 0 Å². The van der Waals surface area contributed by atoms with Crippen LogP contribution >= 0.6 is 23.2 Å².